The van der Waals surface area contributed by atoms with Crippen LogP contribution in [0.5, 0.6) is 5.75 Å². The summed E-state index contributed by atoms with van der Waals surface area (Å²) in [6, 6.07) is 2.27. The first-order valence-electron chi connectivity index (χ1n) is 7.66. The van der Waals surface area contributed by atoms with E-state index in [9.17, 15) is 14.0 Å². The summed E-state index contributed by atoms with van der Waals surface area (Å²) in [5.74, 6) is 0.807. The van der Waals surface area contributed by atoms with Crippen LogP contribution in [0.3, 0.4) is 0 Å². The van der Waals surface area contributed by atoms with Gasteiger partial charge in [-0.15, -0.1) is 6.42 Å². The fraction of sp³-hybridized carbons (Fsp3) is 0.333. The lowest BCUT2D eigenvalue weighted by Crippen LogP contribution is -2.32. The van der Waals surface area contributed by atoms with Crippen molar-refractivity contribution in [1.82, 2.24) is 0 Å². The maximum Gasteiger partial charge on any atom is 0.261 e. The van der Waals surface area contributed by atoms with Crippen LogP contribution in [0, 0.1) is 18.2 Å². The predicted molar refractivity (Wildman–Crippen MR) is 88.3 cm³/mol. The molecule has 0 aromatic heterocycles. The number of rotatable bonds is 3. The van der Waals surface area contributed by atoms with Crippen LogP contribution >= 0.6 is 11.6 Å². The van der Waals surface area contributed by atoms with Gasteiger partial charge in [0.1, 0.15) is 11.6 Å². The summed E-state index contributed by atoms with van der Waals surface area (Å²) in [5, 5.41) is 0.0233. The maximum absolute atomic E-state index is 14.4. The van der Waals surface area contributed by atoms with Crippen molar-refractivity contribution in [3.8, 4) is 18.1 Å². The number of hydrogen-bond donors (Lipinski definition) is 0. The van der Waals surface area contributed by atoms with Gasteiger partial charge < -0.3 is 4.74 Å². The average molecular weight is 348 g/mol. The number of terminal acetylenes is 1. The fourth-order valence-corrected chi connectivity index (χ4v) is 3.16. The molecule has 0 N–H and O–H groups in total. The van der Waals surface area contributed by atoms with Crippen LogP contribution in [-0.2, 0) is 9.59 Å². The number of benzene rings is 1. The Hall–Kier alpha value is -2.32. The molecule has 3 rings (SSSR count). The molecule has 0 saturated heterocycles. The normalized spacial score (nSPS) is 18.5. The van der Waals surface area contributed by atoms with Gasteiger partial charge in [0.15, 0.2) is 6.10 Å². The third-order valence-electron chi connectivity index (χ3n) is 4.17. The quantitative estimate of drug-likeness (QED) is 0.619. The van der Waals surface area contributed by atoms with Gasteiger partial charge >= 0.3 is 0 Å². The summed E-state index contributed by atoms with van der Waals surface area (Å²) in [4.78, 5) is 26.0. The molecule has 1 aromatic carbocycles. The molecule has 0 saturated carbocycles. The molecule has 1 atom stereocenters. The summed E-state index contributed by atoms with van der Waals surface area (Å²) in [5.41, 5.74) is 0.808. The van der Waals surface area contributed by atoms with Gasteiger partial charge in [-0.3, -0.25) is 9.59 Å². The molecule has 1 aliphatic carbocycles. The molecule has 4 nitrogen and oxygen atoms in total. The van der Waals surface area contributed by atoms with Crippen LogP contribution in [0.1, 0.15) is 32.6 Å². The highest BCUT2D eigenvalue weighted by Crippen LogP contribution is 2.39. The summed E-state index contributed by atoms with van der Waals surface area (Å²) in [6.45, 7) is 1.63. The lowest BCUT2D eigenvalue weighted by Gasteiger charge is -2.19. The van der Waals surface area contributed by atoms with Crippen LogP contribution < -0.4 is 9.64 Å². The Bertz CT molecular complexity index is 781. The largest absolute Gasteiger partial charge is 0.476 e. The van der Waals surface area contributed by atoms with Gasteiger partial charge in [0.2, 0.25) is 0 Å². The molecule has 0 bridgehead atoms. The molecule has 0 radical (unpaired) electrons. The lowest BCUT2D eigenvalue weighted by atomic mass is 9.93. The number of amides is 2. The van der Waals surface area contributed by atoms with Crippen molar-refractivity contribution in [1.29, 1.82) is 0 Å². The number of imide groups is 1. The SMILES string of the molecule is C#C[C@H](C)Oc1cc(N2C(=O)C3=C(CCCC3)C2=O)c(F)cc1Cl. The van der Waals surface area contributed by atoms with E-state index in [1.54, 1.807) is 6.92 Å². The lowest BCUT2D eigenvalue weighted by molar-refractivity contribution is -0.120. The Balaban J connectivity index is 2.01. The Labute approximate surface area is 144 Å². The van der Waals surface area contributed by atoms with Gasteiger partial charge in [0.05, 0.1) is 10.7 Å². The molecule has 0 spiro atoms. The molecule has 2 aliphatic rings. The second-order valence-corrected chi connectivity index (χ2v) is 6.18. The zero-order chi connectivity index (χ0) is 17.4. The van der Waals surface area contributed by atoms with Gasteiger partial charge in [0.25, 0.3) is 11.8 Å². The number of carbonyl (C=O) groups excluding carboxylic acids is 2. The molecule has 1 heterocycles. The van der Waals surface area contributed by atoms with Crippen molar-refractivity contribution >= 4 is 29.1 Å². The molecule has 1 aromatic rings. The minimum Gasteiger partial charge on any atom is -0.476 e. The molecule has 24 heavy (non-hydrogen) atoms. The fourth-order valence-electron chi connectivity index (χ4n) is 2.96. The Morgan fingerprint density at radius 1 is 1.25 bits per heavy atom. The molecule has 124 valence electrons. The Kier molecular flexibility index (Phi) is 4.33. The highest BCUT2D eigenvalue weighted by atomic mass is 35.5. The first-order valence-corrected chi connectivity index (χ1v) is 8.04. The van der Waals surface area contributed by atoms with E-state index < -0.39 is 23.7 Å². The predicted octanol–water partition coefficient (Wildman–Crippen LogP) is 3.62. The Morgan fingerprint density at radius 3 is 2.38 bits per heavy atom. The standard InChI is InChI=1S/C18H15ClFNO3/c1-3-10(2)24-16-9-15(14(20)8-13(16)19)21-17(22)11-6-4-5-7-12(11)18(21)23/h1,8-10H,4-7H2,2H3/t10-/m0/s1. The molecule has 1 aliphatic heterocycles. The first kappa shape index (κ1) is 16.5. The summed E-state index contributed by atoms with van der Waals surface area (Å²) >= 11 is 5.97. The second-order valence-electron chi connectivity index (χ2n) is 5.77. The topological polar surface area (TPSA) is 46.6 Å². The Morgan fingerprint density at radius 2 is 1.83 bits per heavy atom. The number of carbonyl (C=O) groups is 2. The third-order valence-corrected chi connectivity index (χ3v) is 4.47. The molecule has 0 unspecified atom stereocenters. The number of nitrogens with zero attached hydrogens (tertiary/aromatic N) is 1. The number of hydrogen-bond acceptors (Lipinski definition) is 3. The second kappa shape index (κ2) is 6.29. The average Bonchev–Trinajstić information content (AvgIpc) is 2.82. The van der Waals surface area contributed by atoms with Crippen LogP contribution in [-0.4, -0.2) is 17.9 Å². The van der Waals surface area contributed by atoms with Crippen molar-refractivity contribution in [2.45, 2.75) is 38.7 Å². The van der Waals surface area contributed by atoms with Gasteiger partial charge in [0, 0.05) is 17.2 Å². The smallest absolute Gasteiger partial charge is 0.261 e. The highest BCUT2D eigenvalue weighted by Gasteiger charge is 2.41. The molecular formula is C18H15ClFNO3. The molecule has 2 amide bonds. The van der Waals surface area contributed by atoms with E-state index in [0.29, 0.717) is 24.0 Å². The monoisotopic (exact) mass is 347 g/mol. The van der Waals surface area contributed by atoms with E-state index in [4.69, 9.17) is 22.8 Å². The van der Waals surface area contributed by atoms with Crippen LogP contribution in [0.2, 0.25) is 5.02 Å². The molecular weight excluding hydrogens is 333 g/mol. The van der Waals surface area contributed by atoms with Gasteiger partial charge in [-0.05, 0) is 38.7 Å². The zero-order valence-electron chi connectivity index (χ0n) is 13.1. The molecule has 0 fully saturated rings. The van der Waals surface area contributed by atoms with Crippen molar-refractivity contribution in [3.05, 3.63) is 34.1 Å². The van der Waals surface area contributed by atoms with Crippen LogP contribution in [0.25, 0.3) is 0 Å². The van der Waals surface area contributed by atoms with Crippen LogP contribution in [0.4, 0.5) is 10.1 Å². The van der Waals surface area contributed by atoms with Gasteiger partial charge in [-0.2, -0.15) is 0 Å². The van der Waals surface area contributed by atoms with Gasteiger partial charge in [-0.1, -0.05) is 17.5 Å². The van der Waals surface area contributed by atoms with Crippen molar-refractivity contribution < 1.29 is 18.7 Å². The maximum atomic E-state index is 14.4. The third kappa shape index (κ3) is 2.67. The zero-order valence-corrected chi connectivity index (χ0v) is 13.8. The van der Waals surface area contributed by atoms with Crippen molar-refractivity contribution in [2.24, 2.45) is 0 Å². The van der Waals surface area contributed by atoms with E-state index in [2.05, 4.69) is 5.92 Å². The summed E-state index contributed by atoms with van der Waals surface area (Å²) in [6.07, 6.45) is 7.47. The first-order chi connectivity index (χ1) is 11.4. The van der Waals surface area contributed by atoms with E-state index in [1.807, 2.05) is 0 Å². The molecule has 6 heteroatoms. The van der Waals surface area contributed by atoms with Crippen LogP contribution in [0.15, 0.2) is 23.3 Å². The van der Waals surface area contributed by atoms with E-state index in [-0.39, 0.29) is 16.5 Å². The van der Waals surface area contributed by atoms with Crippen molar-refractivity contribution in [2.75, 3.05) is 4.90 Å². The minimum absolute atomic E-state index is 0.0233. The van der Waals surface area contributed by atoms with Crippen molar-refractivity contribution in [3.63, 3.8) is 0 Å². The number of ether oxygens (including phenoxy) is 1. The highest BCUT2D eigenvalue weighted by molar-refractivity contribution is 6.34. The summed E-state index contributed by atoms with van der Waals surface area (Å²) in [7, 11) is 0. The summed E-state index contributed by atoms with van der Waals surface area (Å²) < 4.78 is 19.8. The number of halogens is 2. The number of anilines is 1. The van der Waals surface area contributed by atoms with E-state index in [1.165, 1.54) is 6.07 Å². The minimum atomic E-state index is -0.762. The van der Waals surface area contributed by atoms with E-state index in [0.717, 1.165) is 23.8 Å². The van der Waals surface area contributed by atoms with Gasteiger partial charge in [-0.25, -0.2) is 9.29 Å². The van der Waals surface area contributed by atoms with E-state index >= 15 is 0 Å².